The summed E-state index contributed by atoms with van der Waals surface area (Å²) < 4.78 is 0. The van der Waals surface area contributed by atoms with Crippen LogP contribution in [0.25, 0.3) is 16.8 Å². The molecule has 2 aromatic rings. The molecule has 0 heteroatoms. The van der Waals surface area contributed by atoms with Gasteiger partial charge in [-0.2, -0.15) is 0 Å². The van der Waals surface area contributed by atoms with Crippen LogP contribution in [0.2, 0.25) is 0 Å². The number of hydrogen-bond acceptors (Lipinski definition) is 0. The molecule has 0 N–H and O–H groups in total. The first-order chi connectivity index (χ1) is 8.43. The summed E-state index contributed by atoms with van der Waals surface area (Å²) in [6.45, 7) is 0. The predicted octanol–water partition coefficient (Wildman–Crippen LogP) is 4.60. The normalized spacial score (nSPS) is 15.3. The van der Waals surface area contributed by atoms with Crippen LogP contribution in [0.5, 0.6) is 0 Å². The van der Waals surface area contributed by atoms with Gasteiger partial charge in [-0.05, 0) is 16.3 Å². The quantitative estimate of drug-likeness (QED) is 0.691. The Labute approximate surface area is 102 Å². The van der Waals surface area contributed by atoms with Crippen molar-refractivity contribution in [2.45, 2.75) is 0 Å². The molecule has 0 spiro atoms. The summed E-state index contributed by atoms with van der Waals surface area (Å²) in [5, 5.41) is 2.62. The summed E-state index contributed by atoms with van der Waals surface area (Å²) in [6.07, 6.45) is 13.0. The molecule has 0 bridgehead atoms. The lowest BCUT2D eigenvalue weighted by molar-refractivity contribution is 1.10. The molecule has 0 aliphatic heterocycles. The average Bonchev–Trinajstić information content (AvgIpc) is 2.89. The van der Waals surface area contributed by atoms with E-state index in [4.69, 9.17) is 0 Å². The summed E-state index contributed by atoms with van der Waals surface area (Å²) in [4.78, 5) is 0. The van der Waals surface area contributed by atoms with Crippen molar-refractivity contribution in [1.82, 2.24) is 0 Å². The first kappa shape index (κ1) is 10.1. The molecule has 0 saturated heterocycles. The van der Waals surface area contributed by atoms with E-state index in [1.165, 1.54) is 16.3 Å². The topological polar surface area (TPSA) is 0 Å². The van der Waals surface area contributed by atoms with Gasteiger partial charge in [0, 0.05) is 5.92 Å². The van der Waals surface area contributed by atoms with Gasteiger partial charge in [-0.15, -0.1) is 0 Å². The Hall–Kier alpha value is -2.08. The molecule has 0 unspecified atom stereocenters. The highest BCUT2D eigenvalue weighted by atomic mass is 14.0. The van der Waals surface area contributed by atoms with Crippen molar-refractivity contribution in [3.63, 3.8) is 0 Å². The lowest BCUT2D eigenvalue weighted by atomic mass is 10.0. The van der Waals surface area contributed by atoms with Crippen molar-refractivity contribution >= 4 is 16.8 Å². The lowest BCUT2D eigenvalue weighted by Gasteiger charge is -2.02. The maximum absolute atomic E-state index is 2.24. The van der Waals surface area contributed by atoms with Crippen LogP contribution in [0.1, 0.15) is 5.56 Å². The Morgan fingerprint density at radius 2 is 1.59 bits per heavy atom. The fraction of sp³-hybridized carbons (Fsp3) is 0.0588. The van der Waals surface area contributed by atoms with Gasteiger partial charge < -0.3 is 0 Å². The first-order valence-electron chi connectivity index (χ1n) is 5.94. The van der Waals surface area contributed by atoms with Crippen LogP contribution in [0.3, 0.4) is 0 Å². The largest absolute Gasteiger partial charge is 0.0738 e. The molecule has 1 aliphatic carbocycles. The second-order valence-corrected chi connectivity index (χ2v) is 4.27. The van der Waals surface area contributed by atoms with E-state index in [0.29, 0.717) is 5.92 Å². The Bertz CT molecular complexity index is 597. The van der Waals surface area contributed by atoms with Gasteiger partial charge in [0.25, 0.3) is 0 Å². The van der Waals surface area contributed by atoms with Gasteiger partial charge >= 0.3 is 0 Å². The zero-order valence-electron chi connectivity index (χ0n) is 9.58. The van der Waals surface area contributed by atoms with Crippen molar-refractivity contribution in [2.24, 2.45) is 5.92 Å². The third kappa shape index (κ3) is 2.07. The van der Waals surface area contributed by atoms with Gasteiger partial charge in [0.1, 0.15) is 0 Å². The van der Waals surface area contributed by atoms with E-state index in [9.17, 15) is 0 Å². The fourth-order valence-corrected chi connectivity index (χ4v) is 2.19. The van der Waals surface area contributed by atoms with E-state index in [1.54, 1.807) is 0 Å². The summed E-state index contributed by atoms with van der Waals surface area (Å²) >= 11 is 0. The van der Waals surface area contributed by atoms with Crippen LogP contribution in [0.15, 0.2) is 72.8 Å². The first-order valence-corrected chi connectivity index (χ1v) is 5.94. The van der Waals surface area contributed by atoms with Gasteiger partial charge in [-0.1, -0.05) is 78.9 Å². The number of allylic oxidation sites excluding steroid dienone is 5. The third-order valence-corrected chi connectivity index (χ3v) is 3.10. The Morgan fingerprint density at radius 3 is 2.47 bits per heavy atom. The summed E-state index contributed by atoms with van der Waals surface area (Å²) in [5.41, 5.74) is 1.29. The second-order valence-electron chi connectivity index (χ2n) is 4.27. The molecule has 0 nitrogen and oxygen atoms in total. The molecule has 3 rings (SSSR count). The second kappa shape index (κ2) is 4.42. The Balaban J connectivity index is 2.00. The van der Waals surface area contributed by atoms with Gasteiger partial charge in [-0.25, -0.2) is 0 Å². The predicted molar refractivity (Wildman–Crippen MR) is 74.8 cm³/mol. The van der Waals surface area contributed by atoms with Gasteiger partial charge in [0.15, 0.2) is 0 Å². The fourth-order valence-electron chi connectivity index (χ4n) is 2.19. The lowest BCUT2D eigenvalue weighted by Crippen LogP contribution is -1.82. The van der Waals surface area contributed by atoms with E-state index in [-0.39, 0.29) is 0 Å². The molecule has 0 fully saturated rings. The highest BCUT2D eigenvalue weighted by Gasteiger charge is 1.99. The molecular weight excluding hydrogens is 204 g/mol. The standard InChI is InChI=1S/C17H14/c1-2-7-14(6-1)12-13-16-10-5-9-15-8-3-4-11-17(15)16/h1-14H/b13-12+. The van der Waals surface area contributed by atoms with Crippen LogP contribution in [-0.4, -0.2) is 0 Å². The minimum atomic E-state index is 0.453. The maximum Gasteiger partial charge on any atom is 0.0136 e. The summed E-state index contributed by atoms with van der Waals surface area (Å²) in [7, 11) is 0. The molecule has 0 radical (unpaired) electrons. The average molecular weight is 218 g/mol. The number of rotatable bonds is 2. The molecule has 82 valence electrons. The van der Waals surface area contributed by atoms with Gasteiger partial charge in [0.2, 0.25) is 0 Å². The van der Waals surface area contributed by atoms with Crippen molar-refractivity contribution < 1.29 is 0 Å². The minimum Gasteiger partial charge on any atom is -0.0738 e. The van der Waals surface area contributed by atoms with Crippen LogP contribution in [0.4, 0.5) is 0 Å². The number of hydrogen-bond donors (Lipinski definition) is 0. The van der Waals surface area contributed by atoms with Gasteiger partial charge in [0.05, 0.1) is 0 Å². The molecule has 0 saturated carbocycles. The smallest absolute Gasteiger partial charge is 0.0136 e. The molecule has 1 aliphatic rings. The summed E-state index contributed by atoms with van der Waals surface area (Å²) in [5.74, 6) is 0.453. The third-order valence-electron chi connectivity index (χ3n) is 3.10. The molecule has 0 aromatic heterocycles. The van der Waals surface area contributed by atoms with Crippen molar-refractivity contribution in [2.75, 3.05) is 0 Å². The Morgan fingerprint density at radius 1 is 0.824 bits per heavy atom. The van der Waals surface area contributed by atoms with E-state index < -0.39 is 0 Å². The van der Waals surface area contributed by atoms with E-state index in [2.05, 4.69) is 78.9 Å². The molecular formula is C17H14. The van der Waals surface area contributed by atoms with Crippen LogP contribution in [-0.2, 0) is 0 Å². The molecule has 0 amide bonds. The van der Waals surface area contributed by atoms with Crippen molar-refractivity contribution in [3.8, 4) is 0 Å². The highest BCUT2D eigenvalue weighted by Crippen LogP contribution is 2.21. The SMILES string of the molecule is C1=CC(/C=C/c2cccc3ccccc23)C=C1. The highest BCUT2D eigenvalue weighted by molar-refractivity contribution is 5.90. The molecule has 2 aromatic carbocycles. The van der Waals surface area contributed by atoms with Crippen molar-refractivity contribution in [3.05, 3.63) is 78.4 Å². The zero-order valence-corrected chi connectivity index (χ0v) is 9.58. The monoisotopic (exact) mass is 218 g/mol. The van der Waals surface area contributed by atoms with E-state index in [1.807, 2.05) is 0 Å². The molecule has 0 heterocycles. The number of fused-ring (bicyclic) bond motifs is 1. The maximum atomic E-state index is 2.24. The van der Waals surface area contributed by atoms with Crippen LogP contribution < -0.4 is 0 Å². The number of benzene rings is 2. The Kier molecular flexibility index (Phi) is 2.63. The molecule has 0 atom stereocenters. The zero-order chi connectivity index (χ0) is 11.5. The molecule has 17 heavy (non-hydrogen) atoms. The van der Waals surface area contributed by atoms with E-state index >= 15 is 0 Å². The summed E-state index contributed by atoms with van der Waals surface area (Å²) in [6, 6.07) is 14.9. The van der Waals surface area contributed by atoms with Crippen molar-refractivity contribution in [1.29, 1.82) is 0 Å². The van der Waals surface area contributed by atoms with Crippen LogP contribution in [0, 0.1) is 5.92 Å². The van der Waals surface area contributed by atoms with E-state index in [0.717, 1.165) is 0 Å². The van der Waals surface area contributed by atoms with Crippen LogP contribution >= 0.6 is 0 Å². The van der Waals surface area contributed by atoms with Gasteiger partial charge in [-0.3, -0.25) is 0 Å². The minimum absolute atomic E-state index is 0.453.